The van der Waals surface area contributed by atoms with E-state index in [1.54, 1.807) is 35.7 Å². The molecule has 0 aromatic carbocycles. The minimum Gasteiger partial charge on any atom is -0.295 e. The summed E-state index contributed by atoms with van der Waals surface area (Å²) in [6.45, 7) is 1.56. The third kappa shape index (κ3) is 2.64. The van der Waals surface area contributed by atoms with Crippen molar-refractivity contribution in [1.29, 1.82) is 0 Å². The summed E-state index contributed by atoms with van der Waals surface area (Å²) in [6.07, 6.45) is 3.47. The molecule has 2 aromatic heterocycles. The number of hydrogen-bond donors (Lipinski definition) is 0. The van der Waals surface area contributed by atoms with Crippen molar-refractivity contribution in [2.75, 3.05) is 0 Å². The molecule has 3 heteroatoms. The quantitative estimate of drug-likeness (QED) is 0.731. The minimum absolute atomic E-state index is 0.0843. The van der Waals surface area contributed by atoms with Crippen LogP contribution in [-0.4, -0.2) is 5.78 Å². The van der Waals surface area contributed by atoms with Crippen LogP contribution < -0.4 is 0 Å². The molecule has 0 N–H and O–H groups in total. The first kappa shape index (κ1) is 10.3. The highest BCUT2D eigenvalue weighted by Gasteiger charge is 2.00. The smallest absolute Gasteiger partial charge is 0.152 e. The zero-order chi connectivity index (χ0) is 10.7. The highest BCUT2D eigenvalue weighted by Crippen LogP contribution is 2.29. The molecule has 0 aliphatic rings. The van der Waals surface area contributed by atoms with Gasteiger partial charge < -0.3 is 0 Å². The average Bonchev–Trinajstić information content (AvgIpc) is 2.85. The molecule has 2 rings (SSSR count). The summed E-state index contributed by atoms with van der Waals surface area (Å²) >= 11 is 3.39. The molecule has 0 saturated heterocycles. The van der Waals surface area contributed by atoms with Gasteiger partial charge in [0.2, 0.25) is 0 Å². The van der Waals surface area contributed by atoms with E-state index in [9.17, 15) is 4.79 Å². The fourth-order valence-electron chi connectivity index (χ4n) is 1.21. The number of rotatable bonds is 3. The maximum Gasteiger partial charge on any atom is 0.152 e. The first-order valence-electron chi connectivity index (χ1n) is 4.57. The van der Waals surface area contributed by atoms with Crippen LogP contribution in [0.25, 0.3) is 16.5 Å². The van der Waals surface area contributed by atoms with Gasteiger partial charge in [0.25, 0.3) is 0 Å². The molecule has 0 aliphatic heterocycles. The molecule has 0 amide bonds. The summed E-state index contributed by atoms with van der Waals surface area (Å²) in [4.78, 5) is 13.2. The van der Waals surface area contributed by atoms with Crippen LogP contribution >= 0.6 is 22.7 Å². The third-order valence-electron chi connectivity index (χ3n) is 1.91. The van der Waals surface area contributed by atoms with Crippen LogP contribution in [-0.2, 0) is 4.79 Å². The Balaban J connectivity index is 2.21. The van der Waals surface area contributed by atoms with Gasteiger partial charge in [0.1, 0.15) is 0 Å². The van der Waals surface area contributed by atoms with Gasteiger partial charge in [0.15, 0.2) is 5.78 Å². The van der Waals surface area contributed by atoms with Gasteiger partial charge in [-0.15, -0.1) is 22.7 Å². The predicted octanol–water partition coefficient (Wildman–Crippen LogP) is 4.08. The van der Waals surface area contributed by atoms with Gasteiger partial charge in [-0.3, -0.25) is 4.79 Å². The van der Waals surface area contributed by atoms with Crippen molar-refractivity contribution in [2.24, 2.45) is 0 Å². The largest absolute Gasteiger partial charge is 0.295 e. The van der Waals surface area contributed by atoms with E-state index in [4.69, 9.17) is 0 Å². The zero-order valence-corrected chi connectivity index (χ0v) is 9.90. The van der Waals surface area contributed by atoms with Crippen LogP contribution in [0.4, 0.5) is 0 Å². The molecule has 2 aromatic rings. The monoisotopic (exact) mass is 234 g/mol. The Morgan fingerprint density at radius 2 is 2.27 bits per heavy atom. The van der Waals surface area contributed by atoms with Crippen molar-refractivity contribution in [3.8, 4) is 10.4 Å². The summed E-state index contributed by atoms with van der Waals surface area (Å²) in [5, 5.41) is 4.18. The van der Waals surface area contributed by atoms with E-state index >= 15 is 0 Å². The third-order valence-corrected chi connectivity index (χ3v) is 3.72. The van der Waals surface area contributed by atoms with Crippen molar-refractivity contribution < 1.29 is 4.79 Å². The topological polar surface area (TPSA) is 17.1 Å². The fourth-order valence-corrected chi connectivity index (χ4v) is 2.80. The van der Waals surface area contributed by atoms with Crippen molar-refractivity contribution in [1.82, 2.24) is 0 Å². The molecular formula is C12H10OS2. The highest BCUT2D eigenvalue weighted by molar-refractivity contribution is 7.15. The van der Waals surface area contributed by atoms with Crippen LogP contribution in [0.3, 0.4) is 0 Å². The molecule has 0 spiro atoms. The molecule has 0 saturated carbocycles. The first-order chi connectivity index (χ1) is 7.25. The second kappa shape index (κ2) is 4.55. The van der Waals surface area contributed by atoms with Crippen molar-refractivity contribution >= 4 is 34.5 Å². The lowest BCUT2D eigenvalue weighted by Crippen LogP contribution is -1.77. The van der Waals surface area contributed by atoms with Crippen LogP contribution in [0.1, 0.15) is 11.8 Å². The number of carbonyl (C=O) groups excluding carboxylic acids is 1. The molecule has 1 nitrogen and oxygen atoms in total. The lowest BCUT2D eigenvalue weighted by atomic mass is 10.2. The molecule has 0 atom stereocenters. The van der Waals surface area contributed by atoms with Gasteiger partial charge in [-0.1, -0.05) is 6.07 Å². The lowest BCUT2D eigenvalue weighted by molar-refractivity contribution is -0.112. The molecule has 0 bridgehead atoms. The van der Waals surface area contributed by atoms with Crippen LogP contribution in [0.15, 0.2) is 35.0 Å². The molecule has 0 unspecified atom stereocenters. The predicted molar refractivity (Wildman–Crippen MR) is 67.3 cm³/mol. The lowest BCUT2D eigenvalue weighted by Gasteiger charge is -1.87. The van der Waals surface area contributed by atoms with Crippen LogP contribution in [0, 0.1) is 0 Å². The van der Waals surface area contributed by atoms with Crippen LogP contribution in [0.2, 0.25) is 0 Å². The summed E-state index contributed by atoms with van der Waals surface area (Å²) < 4.78 is 0. The van der Waals surface area contributed by atoms with E-state index in [0.29, 0.717) is 0 Å². The van der Waals surface area contributed by atoms with Gasteiger partial charge in [0.05, 0.1) is 0 Å². The molecule has 0 aliphatic carbocycles. The van der Waals surface area contributed by atoms with Crippen LogP contribution in [0.5, 0.6) is 0 Å². The van der Waals surface area contributed by atoms with Crippen molar-refractivity contribution in [3.63, 3.8) is 0 Å². The number of carbonyl (C=O) groups is 1. The van der Waals surface area contributed by atoms with Gasteiger partial charge in [-0.25, -0.2) is 0 Å². The Morgan fingerprint density at radius 1 is 1.40 bits per heavy atom. The molecule has 0 radical (unpaired) electrons. The molecule has 15 heavy (non-hydrogen) atoms. The Kier molecular flexibility index (Phi) is 3.14. The summed E-state index contributed by atoms with van der Waals surface area (Å²) in [5.74, 6) is 0.0843. The number of thiophene rings is 2. The standard InChI is InChI=1S/C12H10OS2/c1-9(13)4-5-11-7-10(8-15-11)12-3-2-6-14-12/h2-8H,1H3/b5-4+. The number of hydrogen-bond acceptors (Lipinski definition) is 3. The second-order valence-corrected chi connectivity index (χ2v) is 5.05. The van der Waals surface area contributed by atoms with E-state index in [-0.39, 0.29) is 5.78 Å². The molecule has 2 heterocycles. The Hall–Kier alpha value is -1.19. The van der Waals surface area contributed by atoms with Gasteiger partial charge in [-0.2, -0.15) is 0 Å². The zero-order valence-electron chi connectivity index (χ0n) is 8.27. The highest BCUT2D eigenvalue weighted by atomic mass is 32.1. The average molecular weight is 234 g/mol. The molecule has 76 valence electrons. The summed E-state index contributed by atoms with van der Waals surface area (Å²) in [6, 6.07) is 6.25. The molecular weight excluding hydrogens is 224 g/mol. The summed E-state index contributed by atoms with van der Waals surface area (Å²) in [7, 11) is 0. The molecule has 0 fully saturated rings. The number of allylic oxidation sites excluding steroid dienone is 1. The Labute approximate surface area is 96.7 Å². The normalized spacial score (nSPS) is 11.0. The first-order valence-corrected chi connectivity index (χ1v) is 6.33. The van der Waals surface area contributed by atoms with Gasteiger partial charge in [0, 0.05) is 15.3 Å². The van der Waals surface area contributed by atoms with E-state index in [0.717, 1.165) is 4.88 Å². The van der Waals surface area contributed by atoms with Gasteiger partial charge in [-0.05, 0) is 42.0 Å². The van der Waals surface area contributed by atoms with E-state index in [1.807, 2.05) is 12.1 Å². The summed E-state index contributed by atoms with van der Waals surface area (Å²) in [5.41, 5.74) is 1.23. The van der Waals surface area contributed by atoms with Gasteiger partial charge >= 0.3 is 0 Å². The Morgan fingerprint density at radius 3 is 2.93 bits per heavy atom. The minimum atomic E-state index is 0.0843. The second-order valence-electron chi connectivity index (χ2n) is 3.16. The number of ketones is 1. The SMILES string of the molecule is CC(=O)/C=C/c1cc(-c2cccs2)cs1. The van der Waals surface area contributed by atoms with E-state index in [2.05, 4.69) is 22.9 Å². The maximum atomic E-state index is 10.8. The maximum absolute atomic E-state index is 10.8. The van der Waals surface area contributed by atoms with E-state index < -0.39 is 0 Å². The van der Waals surface area contributed by atoms with Crippen molar-refractivity contribution in [3.05, 3.63) is 39.9 Å². The van der Waals surface area contributed by atoms with E-state index in [1.165, 1.54) is 10.4 Å². The fraction of sp³-hybridized carbons (Fsp3) is 0.0833. The van der Waals surface area contributed by atoms with Crippen molar-refractivity contribution in [2.45, 2.75) is 6.92 Å². The Bertz CT molecular complexity index is 477.